The molecular weight excluding hydrogens is 575 g/mol. The van der Waals surface area contributed by atoms with Gasteiger partial charge in [0.05, 0.1) is 42.1 Å². The summed E-state index contributed by atoms with van der Waals surface area (Å²) < 4.78 is 195. The van der Waals surface area contributed by atoms with Gasteiger partial charge in [0.2, 0.25) is 0 Å². The first-order chi connectivity index (χ1) is 22.0. The molecule has 0 radical (unpaired) electrons. The van der Waals surface area contributed by atoms with Gasteiger partial charge in [-0.25, -0.2) is 9.59 Å². The summed E-state index contributed by atoms with van der Waals surface area (Å²) >= 11 is 0. The monoisotopic (exact) mass is 608 g/mol. The Balaban J connectivity index is 2.36. The Morgan fingerprint density at radius 1 is 0.951 bits per heavy atom. The predicted molar refractivity (Wildman–Crippen MR) is 127 cm³/mol. The number of alkyl halides is 9. The molecule has 1 aliphatic rings. The molecule has 226 valence electrons. The number of methoxy groups -OCH3 is 1. The van der Waals surface area contributed by atoms with E-state index in [1.165, 1.54) is 0 Å². The van der Waals surface area contributed by atoms with Crippen molar-refractivity contribution >= 4 is 17.9 Å². The quantitative estimate of drug-likeness (QED) is 0.321. The first kappa shape index (κ1) is 22.0. The highest BCUT2D eigenvalue weighted by Gasteiger charge is 2.43. The topological polar surface area (TPSA) is 59.1 Å². The molecule has 0 fully saturated rings. The van der Waals surface area contributed by atoms with E-state index in [1.54, 1.807) is 0 Å². The van der Waals surface area contributed by atoms with E-state index < -0.39 is 116 Å². The Morgan fingerprint density at radius 3 is 2.07 bits per heavy atom. The van der Waals surface area contributed by atoms with Gasteiger partial charge in [-0.2, -0.15) is 39.5 Å². The molecule has 3 rings (SSSR count). The fourth-order valence-electron chi connectivity index (χ4n) is 4.33. The van der Waals surface area contributed by atoms with Crippen molar-refractivity contribution in [2.24, 2.45) is 0 Å². The van der Waals surface area contributed by atoms with Gasteiger partial charge in [-0.1, -0.05) is 6.85 Å². The van der Waals surface area contributed by atoms with Crippen LogP contribution in [0.4, 0.5) is 54.8 Å². The van der Waals surface area contributed by atoms with E-state index >= 15 is 0 Å². The SMILES string of the molecule is [2H]C([2H])([2H])COC(=O)N1c2ccc(C(F)(F)F)cc2C(N(Cc2cc(C(F)(F)F)cc(C(F)(F)F)c2)C(=O)OC)CC1C([2H])([2H])C([2H])([2H])[2H]. The number of rotatable bonds is 5. The summed E-state index contributed by atoms with van der Waals surface area (Å²) in [5.74, 6) is 0. The van der Waals surface area contributed by atoms with E-state index in [0.29, 0.717) is 30.2 Å². The Hall–Kier alpha value is -3.65. The van der Waals surface area contributed by atoms with Crippen LogP contribution in [0.3, 0.4) is 0 Å². The third-order valence-electron chi connectivity index (χ3n) is 6.08. The summed E-state index contributed by atoms with van der Waals surface area (Å²) in [7, 11) is 0.705. The minimum Gasteiger partial charge on any atom is -0.453 e. The van der Waals surface area contributed by atoms with Crippen LogP contribution in [-0.4, -0.2) is 36.8 Å². The fraction of sp³-hybridized carbons (Fsp3) is 0.462. The Bertz CT molecular complexity index is 1530. The van der Waals surface area contributed by atoms with Crippen LogP contribution in [-0.2, 0) is 34.5 Å². The number of carbonyl (C=O) groups excluding carboxylic acids is 2. The van der Waals surface area contributed by atoms with Gasteiger partial charge in [0, 0.05) is 23.6 Å². The lowest BCUT2D eigenvalue weighted by molar-refractivity contribution is -0.143. The Kier molecular flexibility index (Phi) is 6.27. The van der Waals surface area contributed by atoms with E-state index in [1.807, 2.05) is 0 Å². The summed E-state index contributed by atoms with van der Waals surface area (Å²) in [6.07, 6.45) is -23.8. The van der Waals surface area contributed by atoms with Gasteiger partial charge >= 0.3 is 30.7 Å². The summed E-state index contributed by atoms with van der Waals surface area (Å²) in [6, 6.07) is -2.84. The van der Waals surface area contributed by atoms with Crippen molar-refractivity contribution in [3.63, 3.8) is 0 Å². The number of hydrogen-bond donors (Lipinski definition) is 0. The minimum atomic E-state index is -5.35. The third kappa shape index (κ3) is 6.99. The average molecular weight is 609 g/mol. The zero-order valence-electron chi connectivity index (χ0n) is 28.7. The van der Waals surface area contributed by atoms with Crippen LogP contribution >= 0.6 is 0 Å². The van der Waals surface area contributed by atoms with Crippen LogP contribution in [0, 0.1) is 0 Å². The molecule has 1 aliphatic heterocycles. The maximum Gasteiger partial charge on any atom is 0.416 e. The minimum absolute atomic E-state index is 0.221. The maximum atomic E-state index is 13.9. The van der Waals surface area contributed by atoms with Gasteiger partial charge in [-0.15, -0.1) is 0 Å². The normalized spacial score (nSPS) is 21.5. The molecular formula is C26H25F9N2O4. The second kappa shape index (κ2) is 11.7. The first-order valence-corrected chi connectivity index (χ1v) is 11.3. The molecule has 2 amide bonds. The zero-order valence-corrected chi connectivity index (χ0v) is 20.7. The van der Waals surface area contributed by atoms with Crippen LogP contribution < -0.4 is 4.90 Å². The molecule has 2 unspecified atom stereocenters. The number of nitrogens with zero attached hydrogens (tertiary/aromatic N) is 2. The molecule has 15 heteroatoms. The molecule has 0 saturated heterocycles. The molecule has 0 saturated carbocycles. The lowest BCUT2D eigenvalue weighted by atomic mass is 9.87. The summed E-state index contributed by atoms with van der Waals surface area (Å²) in [5.41, 5.74) is -7.40. The third-order valence-corrected chi connectivity index (χ3v) is 6.08. The van der Waals surface area contributed by atoms with Crippen LogP contribution in [0.25, 0.3) is 0 Å². The highest BCUT2D eigenvalue weighted by molar-refractivity contribution is 5.90. The molecule has 0 aliphatic carbocycles. The number of anilines is 1. The van der Waals surface area contributed by atoms with E-state index in [0.717, 1.165) is 0 Å². The molecule has 6 nitrogen and oxygen atoms in total. The molecule has 1 heterocycles. The molecule has 2 atom stereocenters. The number of benzene rings is 2. The largest absolute Gasteiger partial charge is 0.453 e. The molecule has 0 aromatic heterocycles. The van der Waals surface area contributed by atoms with E-state index in [2.05, 4.69) is 4.74 Å². The van der Waals surface area contributed by atoms with E-state index in [-0.39, 0.29) is 23.1 Å². The highest BCUT2D eigenvalue weighted by atomic mass is 19.4. The van der Waals surface area contributed by atoms with Crippen molar-refractivity contribution in [2.45, 2.75) is 63.7 Å². The summed E-state index contributed by atoms with van der Waals surface area (Å²) in [4.78, 5) is 27.0. The van der Waals surface area contributed by atoms with Gasteiger partial charge in [0.25, 0.3) is 0 Å². The predicted octanol–water partition coefficient (Wildman–Crippen LogP) is 8.20. The van der Waals surface area contributed by atoms with Crippen molar-refractivity contribution in [3.05, 3.63) is 64.2 Å². The zero-order chi connectivity index (χ0) is 37.7. The lowest BCUT2D eigenvalue weighted by Gasteiger charge is -2.43. The highest BCUT2D eigenvalue weighted by Crippen LogP contribution is 2.45. The van der Waals surface area contributed by atoms with Gasteiger partial charge in [0.15, 0.2) is 0 Å². The van der Waals surface area contributed by atoms with Crippen molar-refractivity contribution in [3.8, 4) is 0 Å². The molecule has 2 aromatic rings. The maximum absolute atomic E-state index is 13.9. The Labute approximate surface area is 239 Å². The average Bonchev–Trinajstić information content (AvgIpc) is 2.94. The molecule has 2 aromatic carbocycles. The lowest BCUT2D eigenvalue weighted by Crippen LogP contribution is -2.48. The molecule has 0 spiro atoms. The summed E-state index contributed by atoms with van der Waals surface area (Å²) in [5, 5.41) is 0. The number of hydrogen-bond acceptors (Lipinski definition) is 4. The smallest absolute Gasteiger partial charge is 0.416 e. The summed E-state index contributed by atoms with van der Waals surface area (Å²) in [6.45, 7) is -9.14. The molecule has 0 bridgehead atoms. The number of ether oxygens (including phenoxy) is 2. The fourth-order valence-corrected chi connectivity index (χ4v) is 4.33. The van der Waals surface area contributed by atoms with E-state index in [9.17, 15) is 49.1 Å². The number of fused-ring (bicyclic) bond motifs is 1. The van der Waals surface area contributed by atoms with Gasteiger partial charge in [-0.05, 0) is 67.2 Å². The van der Waals surface area contributed by atoms with Crippen molar-refractivity contribution in [2.75, 3.05) is 18.6 Å². The van der Waals surface area contributed by atoms with Crippen LogP contribution in [0.2, 0.25) is 0 Å². The van der Waals surface area contributed by atoms with Gasteiger partial charge in [0.1, 0.15) is 0 Å². The van der Waals surface area contributed by atoms with Gasteiger partial charge in [-0.3, -0.25) is 9.80 Å². The molecule has 0 N–H and O–H groups in total. The number of halogens is 9. The van der Waals surface area contributed by atoms with Crippen molar-refractivity contribution in [1.29, 1.82) is 0 Å². The van der Waals surface area contributed by atoms with Crippen molar-refractivity contribution in [1.82, 2.24) is 4.90 Å². The standard InChI is InChI=1S/C26H25F9N2O4/c1-4-18-12-21(19-11-15(24(27,28)29)6-7-20(19)37(18)23(39)41-5-2)36(22(38)40-3)13-14-8-16(25(30,31)32)10-17(9-14)26(33,34)35/h6-11,18,21H,4-5,12-13H2,1-3H3/i1D3,2D3,4D2. The van der Waals surface area contributed by atoms with Crippen LogP contribution in [0.1, 0.15) is 71.3 Å². The van der Waals surface area contributed by atoms with E-state index in [4.69, 9.17) is 15.7 Å². The second-order valence-electron chi connectivity index (χ2n) is 8.62. The van der Waals surface area contributed by atoms with Crippen molar-refractivity contribution < 1.29 is 69.5 Å². The number of amides is 2. The van der Waals surface area contributed by atoms with Crippen LogP contribution in [0.15, 0.2) is 36.4 Å². The second-order valence-corrected chi connectivity index (χ2v) is 8.62. The number of carbonyl (C=O) groups is 2. The first-order valence-electron chi connectivity index (χ1n) is 15.3. The van der Waals surface area contributed by atoms with Gasteiger partial charge < -0.3 is 9.47 Å². The molecule has 41 heavy (non-hydrogen) atoms. The van der Waals surface area contributed by atoms with Crippen LogP contribution in [0.5, 0.6) is 0 Å². The Morgan fingerprint density at radius 2 is 1.56 bits per heavy atom.